The van der Waals surface area contributed by atoms with Crippen LogP contribution in [0, 0.1) is 0 Å². The second-order valence-corrected chi connectivity index (χ2v) is 1.60. The molecule has 0 radical (unpaired) electrons. The predicted molar refractivity (Wildman–Crippen MR) is 30.8 cm³/mol. The van der Waals surface area contributed by atoms with Gasteiger partial charge in [0.1, 0.15) is 0 Å². The third kappa shape index (κ3) is 0.928. The van der Waals surface area contributed by atoms with Crippen LogP contribution in [0.4, 0.5) is 0 Å². The summed E-state index contributed by atoms with van der Waals surface area (Å²) in [6.07, 6.45) is 1.30. The summed E-state index contributed by atoms with van der Waals surface area (Å²) in [6.45, 7) is 0. The summed E-state index contributed by atoms with van der Waals surface area (Å²) >= 11 is 0. The highest BCUT2D eigenvalue weighted by molar-refractivity contribution is 5.87. The van der Waals surface area contributed by atoms with Gasteiger partial charge in [0.15, 0.2) is 5.69 Å². The molecular weight excluding hydrogens is 136 g/mol. The largest absolute Gasteiger partial charge is 0.464 e. The van der Waals surface area contributed by atoms with Crippen molar-refractivity contribution < 1.29 is 14.7 Å². The monoisotopic (exact) mass is 142 g/mol. The Kier molecular flexibility index (Phi) is 1.57. The molecule has 5 nitrogen and oxygen atoms in total. The van der Waals surface area contributed by atoms with Gasteiger partial charge in [0.25, 0.3) is 0 Å². The van der Waals surface area contributed by atoms with Gasteiger partial charge in [0.05, 0.1) is 13.3 Å². The quantitative estimate of drug-likeness (QED) is 0.439. The maximum atomic E-state index is 10.7. The van der Waals surface area contributed by atoms with Crippen LogP contribution in [0.3, 0.4) is 0 Å². The number of esters is 1. The smallest absolute Gasteiger partial charge is 0.360 e. The van der Waals surface area contributed by atoms with Crippen LogP contribution in [-0.2, 0) is 4.74 Å². The number of rotatable bonds is 1. The Labute approximate surface area is 56.8 Å². The van der Waals surface area contributed by atoms with Crippen molar-refractivity contribution in [2.24, 2.45) is 0 Å². The Morgan fingerprint density at radius 1 is 1.90 bits per heavy atom. The van der Waals surface area contributed by atoms with E-state index in [1.54, 1.807) is 0 Å². The first-order valence-electron chi connectivity index (χ1n) is 2.57. The van der Waals surface area contributed by atoms with Crippen LogP contribution in [0.25, 0.3) is 0 Å². The van der Waals surface area contributed by atoms with Crippen LogP contribution in [0.5, 0.6) is 0 Å². The zero-order valence-electron chi connectivity index (χ0n) is 5.31. The Morgan fingerprint density at radius 2 is 2.60 bits per heavy atom. The minimum absolute atomic E-state index is 0.0162. The third-order valence-corrected chi connectivity index (χ3v) is 1.02. The van der Waals surface area contributed by atoms with Gasteiger partial charge in [-0.2, -0.15) is 0 Å². The number of aromatic nitrogens is 2. The number of hydrogen-bond donors (Lipinski definition) is 1. The molecule has 1 rings (SSSR count). The van der Waals surface area contributed by atoms with Crippen molar-refractivity contribution >= 4 is 5.97 Å². The number of nitrogens with zero attached hydrogens (tertiary/aromatic N) is 2. The van der Waals surface area contributed by atoms with Gasteiger partial charge in [0, 0.05) is 0 Å². The van der Waals surface area contributed by atoms with E-state index in [0.717, 1.165) is 0 Å². The molecule has 0 amide bonds. The Morgan fingerprint density at radius 3 is 3.00 bits per heavy atom. The number of ether oxygens (including phenoxy) is 1. The van der Waals surface area contributed by atoms with E-state index in [2.05, 4.69) is 9.84 Å². The zero-order chi connectivity index (χ0) is 7.56. The molecule has 0 saturated heterocycles. The fraction of sp³-hybridized carbons (Fsp3) is 0.200. The number of methoxy groups -OCH3 is 1. The number of carbonyl (C=O) groups is 1. The predicted octanol–water partition coefficient (Wildman–Crippen LogP) is -0.0930. The van der Waals surface area contributed by atoms with Crippen LogP contribution in [0.15, 0.2) is 12.3 Å². The summed E-state index contributed by atoms with van der Waals surface area (Å²) < 4.78 is 4.32. The summed E-state index contributed by atoms with van der Waals surface area (Å²) in [5.41, 5.74) is 0.0162. The van der Waals surface area contributed by atoms with Crippen LogP contribution in [0.1, 0.15) is 10.5 Å². The maximum Gasteiger partial charge on any atom is 0.360 e. The molecule has 0 saturated carbocycles. The van der Waals surface area contributed by atoms with Crippen LogP contribution in [0.2, 0.25) is 0 Å². The van der Waals surface area contributed by atoms with Crippen molar-refractivity contribution in [2.75, 3.05) is 7.11 Å². The summed E-state index contributed by atoms with van der Waals surface area (Å²) in [5, 5.41) is 12.1. The minimum atomic E-state index is -0.611. The van der Waals surface area contributed by atoms with Gasteiger partial charge in [-0.3, -0.25) is 0 Å². The van der Waals surface area contributed by atoms with Crippen LogP contribution >= 0.6 is 0 Å². The van der Waals surface area contributed by atoms with Crippen molar-refractivity contribution in [2.45, 2.75) is 0 Å². The second-order valence-electron chi connectivity index (χ2n) is 1.60. The molecular formula is C5H6N2O3. The lowest BCUT2D eigenvalue weighted by Crippen LogP contribution is -2.08. The van der Waals surface area contributed by atoms with E-state index in [4.69, 9.17) is 5.21 Å². The van der Waals surface area contributed by atoms with Crippen LogP contribution in [-0.4, -0.2) is 28.2 Å². The first-order chi connectivity index (χ1) is 4.75. The van der Waals surface area contributed by atoms with Crippen molar-refractivity contribution in [3.63, 3.8) is 0 Å². The van der Waals surface area contributed by atoms with Crippen molar-refractivity contribution in [3.05, 3.63) is 18.0 Å². The summed E-state index contributed by atoms with van der Waals surface area (Å²) in [4.78, 5) is 11.1. The van der Waals surface area contributed by atoms with E-state index in [1.165, 1.54) is 19.4 Å². The third-order valence-electron chi connectivity index (χ3n) is 1.02. The van der Waals surface area contributed by atoms with Gasteiger partial charge in [-0.25, -0.2) is 4.79 Å². The van der Waals surface area contributed by atoms with Gasteiger partial charge >= 0.3 is 5.97 Å². The maximum absolute atomic E-state index is 10.7. The molecule has 0 aromatic carbocycles. The average molecular weight is 142 g/mol. The number of carbonyl (C=O) groups excluding carboxylic acids is 1. The molecule has 0 fully saturated rings. The van der Waals surface area contributed by atoms with Gasteiger partial charge in [-0.1, -0.05) is 4.85 Å². The molecule has 0 aliphatic carbocycles. The fourth-order valence-corrected chi connectivity index (χ4v) is 0.550. The highest BCUT2D eigenvalue weighted by Crippen LogP contribution is 1.96. The Bertz CT molecular complexity index is 243. The molecule has 5 heteroatoms. The zero-order valence-corrected chi connectivity index (χ0v) is 5.31. The fourth-order valence-electron chi connectivity index (χ4n) is 0.550. The molecule has 1 aromatic heterocycles. The molecule has 1 N–H and O–H groups in total. The average Bonchev–Trinajstić information content (AvgIpc) is 2.34. The minimum Gasteiger partial charge on any atom is -0.464 e. The van der Waals surface area contributed by atoms with Crippen molar-refractivity contribution in [1.29, 1.82) is 0 Å². The molecule has 0 unspecified atom stereocenters. The summed E-state index contributed by atoms with van der Waals surface area (Å²) in [6, 6.07) is 1.35. The lowest BCUT2D eigenvalue weighted by molar-refractivity contribution is 0.0527. The topological polar surface area (TPSA) is 64.3 Å². The van der Waals surface area contributed by atoms with Gasteiger partial charge in [0.2, 0.25) is 0 Å². The summed E-state index contributed by atoms with van der Waals surface area (Å²) in [7, 11) is 1.23. The lowest BCUT2D eigenvalue weighted by Gasteiger charge is -1.95. The highest BCUT2D eigenvalue weighted by Gasteiger charge is 2.10. The van der Waals surface area contributed by atoms with E-state index in [-0.39, 0.29) is 5.69 Å². The Hall–Kier alpha value is -1.52. The van der Waals surface area contributed by atoms with E-state index in [0.29, 0.717) is 4.85 Å². The molecule has 1 aromatic rings. The van der Waals surface area contributed by atoms with Crippen molar-refractivity contribution in [3.8, 4) is 0 Å². The molecule has 1 heterocycles. The normalized spacial score (nSPS) is 9.30. The van der Waals surface area contributed by atoms with E-state index < -0.39 is 5.97 Å². The molecule has 0 aliphatic heterocycles. The molecule has 0 aliphatic rings. The molecule has 0 atom stereocenters. The van der Waals surface area contributed by atoms with Gasteiger partial charge < -0.3 is 9.94 Å². The first kappa shape index (κ1) is 6.60. The standard InChI is InChI=1S/C5H6N2O3/c1-10-5(8)4-2-3-6-7(4)9/h2-3,9H,1H3. The molecule has 0 spiro atoms. The van der Waals surface area contributed by atoms with E-state index >= 15 is 0 Å². The van der Waals surface area contributed by atoms with Crippen LogP contribution < -0.4 is 0 Å². The first-order valence-corrected chi connectivity index (χ1v) is 2.57. The van der Waals surface area contributed by atoms with Crippen molar-refractivity contribution in [1.82, 2.24) is 9.94 Å². The molecule has 54 valence electrons. The summed E-state index contributed by atoms with van der Waals surface area (Å²) in [5.74, 6) is -0.611. The molecule has 10 heavy (non-hydrogen) atoms. The van der Waals surface area contributed by atoms with Gasteiger partial charge in [-0.05, 0) is 6.07 Å². The van der Waals surface area contributed by atoms with Gasteiger partial charge in [-0.15, -0.1) is 5.10 Å². The Balaban J connectivity index is 2.93. The lowest BCUT2D eigenvalue weighted by atomic mass is 10.4. The number of hydrogen-bond acceptors (Lipinski definition) is 4. The van der Waals surface area contributed by atoms with E-state index in [1.807, 2.05) is 0 Å². The SMILES string of the molecule is COC(=O)c1ccnn1O. The second kappa shape index (κ2) is 2.38. The van der Waals surface area contributed by atoms with E-state index in [9.17, 15) is 4.79 Å². The molecule has 0 bridgehead atoms. The highest BCUT2D eigenvalue weighted by atomic mass is 16.5.